The number of hydrogen-bond acceptors (Lipinski definition) is 4. The summed E-state index contributed by atoms with van der Waals surface area (Å²) in [6.07, 6.45) is 2.47. The summed E-state index contributed by atoms with van der Waals surface area (Å²) < 4.78 is 11.1. The van der Waals surface area contributed by atoms with Gasteiger partial charge < -0.3 is 19.7 Å². The van der Waals surface area contributed by atoms with Crippen LogP contribution in [0.5, 0.6) is 11.5 Å². The van der Waals surface area contributed by atoms with E-state index >= 15 is 0 Å². The van der Waals surface area contributed by atoms with E-state index in [1.54, 1.807) is 19.1 Å². The van der Waals surface area contributed by atoms with Crippen molar-refractivity contribution in [1.29, 1.82) is 0 Å². The Morgan fingerprint density at radius 2 is 2.19 bits per heavy atom. The summed E-state index contributed by atoms with van der Waals surface area (Å²) in [4.78, 5) is 13.5. The zero-order chi connectivity index (χ0) is 15.2. The lowest BCUT2D eigenvalue weighted by molar-refractivity contribution is -0.131. The highest BCUT2D eigenvalue weighted by Crippen LogP contribution is 2.32. The number of rotatable bonds is 8. The summed E-state index contributed by atoms with van der Waals surface area (Å²) in [6, 6.07) is 6.41. The van der Waals surface area contributed by atoms with E-state index in [-0.39, 0.29) is 12.5 Å². The molecule has 5 heteroatoms. The summed E-state index contributed by atoms with van der Waals surface area (Å²) >= 11 is 0. The van der Waals surface area contributed by atoms with Gasteiger partial charge in [-0.15, -0.1) is 0 Å². The molecule has 0 unspecified atom stereocenters. The Bertz CT molecular complexity index is 486. The third-order valence-electron chi connectivity index (χ3n) is 3.68. The van der Waals surface area contributed by atoms with E-state index in [1.165, 1.54) is 12.8 Å². The van der Waals surface area contributed by atoms with Gasteiger partial charge in [0.1, 0.15) is 0 Å². The minimum absolute atomic E-state index is 0.0289. The number of para-hydroxylation sites is 1. The molecule has 1 aliphatic carbocycles. The molecule has 0 aliphatic heterocycles. The summed E-state index contributed by atoms with van der Waals surface area (Å²) in [7, 11) is 3.38. The highest BCUT2D eigenvalue weighted by molar-refractivity contribution is 5.77. The van der Waals surface area contributed by atoms with Crippen LogP contribution in [0.15, 0.2) is 18.2 Å². The maximum Gasteiger partial charge on any atom is 0.260 e. The van der Waals surface area contributed by atoms with Gasteiger partial charge in [0.05, 0.1) is 7.11 Å². The van der Waals surface area contributed by atoms with Crippen molar-refractivity contribution < 1.29 is 14.3 Å². The van der Waals surface area contributed by atoms with Crippen molar-refractivity contribution in [3.05, 3.63) is 23.8 Å². The first-order valence-electron chi connectivity index (χ1n) is 7.41. The standard InChI is InChI=1S/C16H24N2O3/c1-4-18(2)15(19)11-21-16-12(10-17-13-8-9-13)6-5-7-14(16)20-3/h5-7,13,17H,4,8-11H2,1-3H3. The highest BCUT2D eigenvalue weighted by atomic mass is 16.5. The van der Waals surface area contributed by atoms with Gasteiger partial charge in [-0.3, -0.25) is 4.79 Å². The molecule has 1 fully saturated rings. The van der Waals surface area contributed by atoms with Gasteiger partial charge >= 0.3 is 0 Å². The molecule has 0 bridgehead atoms. The molecule has 1 amide bonds. The zero-order valence-electron chi connectivity index (χ0n) is 13.0. The lowest BCUT2D eigenvalue weighted by atomic mass is 10.2. The molecular formula is C16H24N2O3. The molecule has 1 N–H and O–H groups in total. The molecule has 21 heavy (non-hydrogen) atoms. The van der Waals surface area contributed by atoms with E-state index in [1.807, 2.05) is 25.1 Å². The number of amides is 1. The second kappa shape index (κ2) is 7.31. The fraction of sp³-hybridized carbons (Fsp3) is 0.562. The number of likely N-dealkylation sites (N-methyl/N-ethyl adjacent to an activating group) is 1. The maximum atomic E-state index is 11.9. The summed E-state index contributed by atoms with van der Waals surface area (Å²) in [5.74, 6) is 1.28. The first-order chi connectivity index (χ1) is 10.2. The third kappa shape index (κ3) is 4.36. The third-order valence-corrected chi connectivity index (χ3v) is 3.68. The Morgan fingerprint density at radius 3 is 2.81 bits per heavy atom. The van der Waals surface area contributed by atoms with Crippen molar-refractivity contribution >= 4 is 5.91 Å². The van der Waals surface area contributed by atoms with Gasteiger partial charge in [-0.2, -0.15) is 0 Å². The average Bonchev–Trinajstić information content (AvgIpc) is 3.33. The highest BCUT2D eigenvalue weighted by Gasteiger charge is 2.21. The van der Waals surface area contributed by atoms with Crippen molar-refractivity contribution in [3.8, 4) is 11.5 Å². The number of methoxy groups -OCH3 is 1. The van der Waals surface area contributed by atoms with Crippen molar-refractivity contribution in [2.75, 3.05) is 27.3 Å². The molecule has 0 heterocycles. The van der Waals surface area contributed by atoms with Crippen LogP contribution in [-0.4, -0.2) is 44.2 Å². The molecule has 1 aromatic rings. The first kappa shape index (κ1) is 15.6. The van der Waals surface area contributed by atoms with E-state index in [2.05, 4.69) is 5.32 Å². The van der Waals surface area contributed by atoms with Gasteiger partial charge in [0, 0.05) is 31.7 Å². The first-order valence-corrected chi connectivity index (χ1v) is 7.41. The van der Waals surface area contributed by atoms with Crippen LogP contribution >= 0.6 is 0 Å². The molecule has 0 radical (unpaired) electrons. The van der Waals surface area contributed by atoms with Crippen LogP contribution in [0.3, 0.4) is 0 Å². The van der Waals surface area contributed by atoms with Crippen molar-refractivity contribution in [3.63, 3.8) is 0 Å². The van der Waals surface area contributed by atoms with Crippen LogP contribution in [0.1, 0.15) is 25.3 Å². The number of nitrogens with zero attached hydrogens (tertiary/aromatic N) is 1. The maximum absolute atomic E-state index is 11.9. The fourth-order valence-corrected chi connectivity index (χ4v) is 1.99. The average molecular weight is 292 g/mol. The molecule has 0 saturated heterocycles. The van der Waals surface area contributed by atoms with E-state index in [0.717, 1.165) is 12.1 Å². The second-order valence-corrected chi connectivity index (χ2v) is 5.30. The monoisotopic (exact) mass is 292 g/mol. The molecule has 1 aliphatic rings. The molecule has 0 atom stereocenters. The molecule has 116 valence electrons. The Morgan fingerprint density at radius 1 is 1.43 bits per heavy atom. The van der Waals surface area contributed by atoms with E-state index < -0.39 is 0 Å². The van der Waals surface area contributed by atoms with Gasteiger partial charge in [-0.05, 0) is 25.8 Å². The van der Waals surface area contributed by atoms with Crippen molar-refractivity contribution in [2.24, 2.45) is 0 Å². The minimum atomic E-state index is -0.0375. The minimum Gasteiger partial charge on any atom is -0.493 e. The van der Waals surface area contributed by atoms with Crippen LogP contribution in [-0.2, 0) is 11.3 Å². The Labute approximate surface area is 126 Å². The predicted molar refractivity (Wildman–Crippen MR) is 81.7 cm³/mol. The SMILES string of the molecule is CCN(C)C(=O)COc1c(CNC2CC2)cccc1OC. The van der Waals surface area contributed by atoms with E-state index in [9.17, 15) is 4.79 Å². The zero-order valence-corrected chi connectivity index (χ0v) is 13.0. The van der Waals surface area contributed by atoms with Crippen LogP contribution in [0, 0.1) is 0 Å². The molecule has 0 spiro atoms. The summed E-state index contributed by atoms with van der Waals surface area (Å²) in [5, 5.41) is 3.46. The van der Waals surface area contributed by atoms with E-state index in [4.69, 9.17) is 9.47 Å². The van der Waals surface area contributed by atoms with Crippen LogP contribution in [0.4, 0.5) is 0 Å². The number of nitrogens with one attached hydrogen (secondary N) is 1. The Balaban J connectivity index is 2.04. The summed E-state index contributed by atoms with van der Waals surface area (Å²) in [6.45, 7) is 3.37. The lowest BCUT2D eigenvalue weighted by Gasteiger charge is -2.18. The fourth-order valence-electron chi connectivity index (χ4n) is 1.99. The second-order valence-electron chi connectivity index (χ2n) is 5.30. The molecule has 0 aromatic heterocycles. The number of carbonyl (C=O) groups is 1. The quantitative estimate of drug-likeness (QED) is 0.794. The van der Waals surface area contributed by atoms with Gasteiger partial charge in [0.25, 0.3) is 5.91 Å². The van der Waals surface area contributed by atoms with Crippen LogP contribution in [0.2, 0.25) is 0 Å². The number of hydrogen-bond donors (Lipinski definition) is 1. The molecule has 2 rings (SSSR count). The largest absolute Gasteiger partial charge is 0.493 e. The predicted octanol–water partition coefficient (Wildman–Crippen LogP) is 1.80. The smallest absolute Gasteiger partial charge is 0.260 e. The summed E-state index contributed by atoms with van der Waals surface area (Å²) in [5.41, 5.74) is 1.02. The van der Waals surface area contributed by atoms with Crippen molar-refractivity contribution in [2.45, 2.75) is 32.4 Å². The molecule has 1 aromatic carbocycles. The number of benzene rings is 1. The van der Waals surface area contributed by atoms with Gasteiger partial charge in [0.15, 0.2) is 18.1 Å². The Hall–Kier alpha value is -1.75. The molecule has 1 saturated carbocycles. The number of carbonyl (C=O) groups excluding carboxylic acids is 1. The number of ether oxygens (including phenoxy) is 2. The van der Waals surface area contributed by atoms with Crippen LogP contribution < -0.4 is 14.8 Å². The topological polar surface area (TPSA) is 50.8 Å². The lowest BCUT2D eigenvalue weighted by Crippen LogP contribution is -2.31. The van der Waals surface area contributed by atoms with E-state index in [0.29, 0.717) is 24.1 Å². The van der Waals surface area contributed by atoms with Crippen LogP contribution in [0.25, 0.3) is 0 Å². The molecular weight excluding hydrogens is 268 g/mol. The van der Waals surface area contributed by atoms with Gasteiger partial charge in [-0.1, -0.05) is 12.1 Å². The Kier molecular flexibility index (Phi) is 5.44. The van der Waals surface area contributed by atoms with Crippen molar-refractivity contribution in [1.82, 2.24) is 10.2 Å². The van der Waals surface area contributed by atoms with Gasteiger partial charge in [-0.25, -0.2) is 0 Å². The van der Waals surface area contributed by atoms with Gasteiger partial charge in [0.2, 0.25) is 0 Å². The molecule has 5 nitrogen and oxygen atoms in total. The normalized spacial score (nSPS) is 13.9.